The number of hydrogen-bond donors (Lipinski definition) is 1. The van der Waals surface area contributed by atoms with Crippen molar-refractivity contribution in [3.05, 3.63) is 57.2 Å². The maximum Gasteiger partial charge on any atom is 0.262 e. The predicted octanol–water partition coefficient (Wildman–Crippen LogP) is 4.39. The van der Waals surface area contributed by atoms with Gasteiger partial charge in [0.1, 0.15) is 17.2 Å². The standard InChI is InChI=1S/C22H24FN3O2S/c1-22(2,3)13-4-9-16-17(10-13)29-20-19(16)21(28)26(12-24-20)11-18(27)25-15-7-5-14(23)6-8-15/h5-8,12-13H,4,9-11H2,1-3H3,(H,25,27)/t13-/m0/s1. The molecule has 29 heavy (non-hydrogen) atoms. The zero-order valence-corrected chi connectivity index (χ0v) is 17.6. The number of fused-ring (bicyclic) bond motifs is 3. The highest BCUT2D eigenvalue weighted by Gasteiger charge is 2.31. The Hall–Kier alpha value is -2.54. The molecule has 1 N–H and O–H groups in total. The first-order valence-electron chi connectivity index (χ1n) is 9.77. The molecule has 0 spiro atoms. The lowest BCUT2D eigenvalue weighted by molar-refractivity contribution is -0.116. The van der Waals surface area contributed by atoms with E-state index in [1.807, 2.05) is 0 Å². The molecular formula is C22H24FN3O2S. The van der Waals surface area contributed by atoms with Crippen LogP contribution in [0.5, 0.6) is 0 Å². The van der Waals surface area contributed by atoms with Crippen LogP contribution in [0.2, 0.25) is 0 Å². The lowest BCUT2D eigenvalue weighted by Gasteiger charge is -2.33. The molecule has 0 saturated heterocycles. The summed E-state index contributed by atoms with van der Waals surface area (Å²) < 4.78 is 14.4. The van der Waals surface area contributed by atoms with Gasteiger partial charge in [-0.3, -0.25) is 14.2 Å². The minimum Gasteiger partial charge on any atom is -0.325 e. The average Bonchev–Trinajstić information content (AvgIpc) is 3.03. The second-order valence-corrected chi connectivity index (χ2v) is 9.81. The second-order valence-electron chi connectivity index (χ2n) is 8.72. The van der Waals surface area contributed by atoms with Crippen molar-refractivity contribution < 1.29 is 9.18 Å². The Labute approximate surface area is 172 Å². The number of thiophene rings is 1. The predicted molar refractivity (Wildman–Crippen MR) is 114 cm³/mol. The molecule has 152 valence electrons. The van der Waals surface area contributed by atoms with E-state index in [4.69, 9.17) is 0 Å². The minimum atomic E-state index is -0.371. The van der Waals surface area contributed by atoms with Crippen LogP contribution >= 0.6 is 11.3 Å². The number of benzene rings is 1. The molecule has 1 atom stereocenters. The molecule has 0 saturated carbocycles. The van der Waals surface area contributed by atoms with E-state index in [-0.39, 0.29) is 29.2 Å². The van der Waals surface area contributed by atoms with Gasteiger partial charge in [-0.05, 0) is 60.4 Å². The largest absolute Gasteiger partial charge is 0.325 e. The molecule has 5 nitrogen and oxygen atoms in total. The summed E-state index contributed by atoms with van der Waals surface area (Å²) in [7, 11) is 0. The first kappa shape index (κ1) is 19.8. The van der Waals surface area contributed by atoms with Crippen molar-refractivity contribution in [1.82, 2.24) is 9.55 Å². The summed E-state index contributed by atoms with van der Waals surface area (Å²) in [5, 5.41) is 3.34. The Kier molecular flexibility index (Phi) is 5.02. The minimum absolute atomic E-state index is 0.131. The Bertz CT molecular complexity index is 1130. The van der Waals surface area contributed by atoms with Gasteiger partial charge >= 0.3 is 0 Å². The summed E-state index contributed by atoms with van der Waals surface area (Å²) >= 11 is 1.60. The van der Waals surface area contributed by atoms with Crippen LogP contribution in [-0.2, 0) is 24.2 Å². The smallest absolute Gasteiger partial charge is 0.262 e. The quantitative estimate of drug-likeness (QED) is 0.693. The zero-order chi connectivity index (χ0) is 20.8. The number of rotatable bonds is 3. The average molecular weight is 414 g/mol. The molecule has 1 aliphatic rings. The van der Waals surface area contributed by atoms with Gasteiger partial charge in [-0.25, -0.2) is 9.37 Å². The first-order valence-corrected chi connectivity index (χ1v) is 10.6. The van der Waals surface area contributed by atoms with Crippen LogP contribution in [0.3, 0.4) is 0 Å². The van der Waals surface area contributed by atoms with Crippen LogP contribution in [0.4, 0.5) is 10.1 Å². The molecule has 0 fully saturated rings. The third-order valence-electron chi connectivity index (χ3n) is 5.70. The molecule has 3 aromatic rings. The maximum absolute atomic E-state index is 13.1. The SMILES string of the molecule is CC(C)(C)[C@H]1CCc2c(sc3ncn(CC(=O)Nc4ccc(F)cc4)c(=O)c23)C1. The van der Waals surface area contributed by atoms with Crippen molar-refractivity contribution in [2.24, 2.45) is 11.3 Å². The van der Waals surface area contributed by atoms with Crippen molar-refractivity contribution >= 4 is 33.1 Å². The van der Waals surface area contributed by atoms with Crippen LogP contribution < -0.4 is 10.9 Å². The van der Waals surface area contributed by atoms with Crippen LogP contribution in [0.1, 0.15) is 37.6 Å². The fourth-order valence-corrected chi connectivity index (χ4v) is 5.20. The van der Waals surface area contributed by atoms with Crippen LogP contribution in [0, 0.1) is 17.2 Å². The van der Waals surface area contributed by atoms with Gasteiger partial charge in [0.05, 0.1) is 11.7 Å². The van der Waals surface area contributed by atoms with Crippen molar-refractivity contribution in [3.63, 3.8) is 0 Å². The molecule has 7 heteroatoms. The molecule has 0 aliphatic heterocycles. The number of aryl methyl sites for hydroxylation is 1. The molecule has 0 radical (unpaired) electrons. The van der Waals surface area contributed by atoms with E-state index in [9.17, 15) is 14.0 Å². The van der Waals surface area contributed by atoms with Crippen LogP contribution in [0.25, 0.3) is 10.2 Å². The number of anilines is 1. The Morgan fingerprint density at radius 1 is 1.31 bits per heavy atom. The second kappa shape index (κ2) is 7.37. The van der Waals surface area contributed by atoms with Crippen LogP contribution in [-0.4, -0.2) is 15.5 Å². The Morgan fingerprint density at radius 3 is 2.72 bits per heavy atom. The molecule has 4 rings (SSSR count). The Balaban J connectivity index is 1.59. The number of halogens is 1. The van der Waals surface area contributed by atoms with Crippen molar-refractivity contribution in [2.75, 3.05) is 5.32 Å². The topological polar surface area (TPSA) is 64.0 Å². The highest BCUT2D eigenvalue weighted by atomic mass is 32.1. The van der Waals surface area contributed by atoms with Gasteiger partial charge < -0.3 is 5.32 Å². The van der Waals surface area contributed by atoms with E-state index in [2.05, 4.69) is 31.1 Å². The monoisotopic (exact) mass is 413 g/mol. The lowest BCUT2D eigenvalue weighted by Crippen LogP contribution is -2.29. The molecule has 0 unspecified atom stereocenters. The third-order valence-corrected chi connectivity index (χ3v) is 6.86. The van der Waals surface area contributed by atoms with Crippen molar-refractivity contribution in [1.29, 1.82) is 0 Å². The Morgan fingerprint density at radius 2 is 2.03 bits per heavy atom. The molecule has 2 aromatic heterocycles. The van der Waals surface area contributed by atoms with Gasteiger partial charge in [-0.15, -0.1) is 11.3 Å². The van der Waals surface area contributed by atoms with Gasteiger partial charge in [0.2, 0.25) is 5.91 Å². The van der Waals surface area contributed by atoms with E-state index in [1.54, 1.807) is 11.3 Å². The van der Waals surface area contributed by atoms with E-state index in [0.717, 1.165) is 29.7 Å². The van der Waals surface area contributed by atoms with Crippen LogP contribution in [0.15, 0.2) is 35.4 Å². The van der Waals surface area contributed by atoms with E-state index < -0.39 is 0 Å². The number of carbonyl (C=O) groups excluding carboxylic acids is 1. The first-order chi connectivity index (χ1) is 13.7. The van der Waals surface area contributed by atoms with E-state index in [1.165, 1.54) is 40.0 Å². The molecule has 1 aliphatic carbocycles. The molecular weight excluding hydrogens is 389 g/mol. The normalized spacial score (nSPS) is 16.6. The number of hydrogen-bond acceptors (Lipinski definition) is 4. The van der Waals surface area contributed by atoms with Gasteiger partial charge in [-0.2, -0.15) is 0 Å². The summed E-state index contributed by atoms with van der Waals surface area (Å²) in [5.41, 5.74) is 1.66. The molecule has 1 amide bonds. The molecule has 0 bridgehead atoms. The van der Waals surface area contributed by atoms with Crippen molar-refractivity contribution in [2.45, 2.75) is 46.6 Å². The summed E-state index contributed by atoms with van der Waals surface area (Å²) in [4.78, 5) is 31.9. The molecule has 1 aromatic carbocycles. The number of nitrogens with zero attached hydrogens (tertiary/aromatic N) is 2. The summed E-state index contributed by atoms with van der Waals surface area (Å²) in [6.45, 7) is 6.66. The van der Waals surface area contributed by atoms with E-state index in [0.29, 0.717) is 17.0 Å². The van der Waals surface area contributed by atoms with Gasteiger partial charge in [-0.1, -0.05) is 20.8 Å². The highest BCUT2D eigenvalue weighted by molar-refractivity contribution is 7.18. The number of nitrogens with one attached hydrogen (secondary N) is 1. The highest BCUT2D eigenvalue weighted by Crippen LogP contribution is 2.41. The number of aromatic nitrogens is 2. The maximum atomic E-state index is 13.1. The van der Waals surface area contributed by atoms with Gasteiger partial charge in [0.25, 0.3) is 5.56 Å². The van der Waals surface area contributed by atoms with E-state index >= 15 is 0 Å². The molecule has 2 heterocycles. The lowest BCUT2D eigenvalue weighted by atomic mass is 9.72. The number of carbonyl (C=O) groups is 1. The third kappa shape index (κ3) is 3.96. The summed E-state index contributed by atoms with van der Waals surface area (Å²) in [6.07, 6.45) is 4.35. The zero-order valence-electron chi connectivity index (χ0n) is 16.8. The fourth-order valence-electron chi connectivity index (χ4n) is 3.94. The van der Waals surface area contributed by atoms with Gasteiger partial charge in [0.15, 0.2) is 0 Å². The number of amides is 1. The summed E-state index contributed by atoms with van der Waals surface area (Å²) in [6, 6.07) is 5.52. The van der Waals surface area contributed by atoms with Gasteiger partial charge in [0, 0.05) is 10.6 Å². The fraction of sp³-hybridized carbons (Fsp3) is 0.409. The van der Waals surface area contributed by atoms with Crippen molar-refractivity contribution in [3.8, 4) is 0 Å². The summed E-state index contributed by atoms with van der Waals surface area (Å²) in [5.74, 6) is -0.131.